The molecular weight excluding hydrogens is 544 g/mol. The molecule has 0 aliphatic rings. The molecule has 218 valence electrons. The molecule has 0 aliphatic carbocycles. The van der Waals surface area contributed by atoms with Crippen LogP contribution in [0.3, 0.4) is 0 Å². The molecule has 0 unspecified atom stereocenters. The lowest BCUT2D eigenvalue weighted by molar-refractivity contribution is 0.0600. The van der Waals surface area contributed by atoms with Gasteiger partial charge in [-0.3, -0.25) is 9.36 Å². The maximum atomic E-state index is 13.6. The highest BCUT2D eigenvalue weighted by molar-refractivity contribution is 5.91. The van der Waals surface area contributed by atoms with E-state index in [1.807, 2.05) is 66.7 Å². The minimum atomic E-state index is -0.367. The standard InChI is InChI=1S/C26H25N3O3.C6H7N5/c1-3-8-23-28-22-12-7-11-21(24(22)25(30)29(23)20-9-5-4-6-10-20)27-17-18-13-15-19(16-14-18)26(31)32-2;1-3-4(2-7)5(8)11-6(9)10-3/h4-7,9-16,27H,3,8,17H2,1-2H3;1H3,(H4,8,9,10,11). The molecule has 0 atom stereocenters. The molecule has 3 aromatic carbocycles. The number of aryl methyl sites for hydroxylation is 2. The Morgan fingerprint density at radius 2 is 1.72 bits per heavy atom. The molecule has 0 amide bonds. The number of esters is 1. The van der Waals surface area contributed by atoms with Crippen LogP contribution in [0.1, 0.15) is 46.3 Å². The molecule has 43 heavy (non-hydrogen) atoms. The van der Waals surface area contributed by atoms with Crippen LogP contribution in [0.4, 0.5) is 17.5 Å². The van der Waals surface area contributed by atoms with Crippen LogP contribution >= 0.6 is 0 Å². The highest BCUT2D eigenvalue weighted by Crippen LogP contribution is 2.22. The Morgan fingerprint density at radius 1 is 1.00 bits per heavy atom. The number of anilines is 3. The zero-order chi connectivity index (χ0) is 30.9. The van der Waals surface area contributed by atoms with Crippen molar-refractivity contribution in [2.24, 2.45) is 0 Å². The summed E-state index contributed by atoms with van der Waals surface area (Å²) in [6.07, 6.45) is 1.61. The monoisotopic (exact) mass is 576 g/mol. The number of nitriles is 1. The lowest BCUT2D eigenvalue weighted by Gasteiger charge is -2.15. The molecule has 11 nitrogen and oxygen atoms in total. The fourth-order valence-corrected chi connectivity index (χ4v) is 4.49. The van der Waals surface area contributed by atoms with Gasteiger partial charge in [0.25, 0.3) is 5.56 Å². The Hall–Kier alpha value is -5.76. The van der Waals surface area contributed by atoms with Gasteiger partial charge in [-0.25, -0.2) is 14.8 Å². The van der Waals surface area contributed by atoms with E-state index in [1.54, 1.807) is 23.6 Å². The molecule has 0 bridgehead atoms. The summed E-state index contributed by atoms with van der Waals surface area (Å²) in [4.78, 5) is 37.5. The number of para-hydroxylation sites is 1. The molecule has 11 heteroatoms. The van der Waals surface area contributed by atoms with E-state index in [2.05, 4.69) is 22.2 Å². The number of hydrogen-bond donors (Lipinski definition) is 3. The van der Waals surface area contributed by atoms with E-state index in [0.717, 1.165) is 29.2 Å². The molecule has 0 radical (unpaired) electrons. The zero-order valence-corrected chi connectivity index (χ0v) is 24.2. The third-order valence-corrected chi connectivity index (χ3v) is 6.56. The van der Waals surface area contributed by atoms with Crippen LogP contribution in [-0.4, -0.2) is 32.6 Å². The quantitative estimate of drug-likeness (QED) is 0.233. The van der Waals surface area contributed by atoms with E-state index < -0.39 is 0 Å². The summed E-state index contributed by atoms with van der Waals surface area (Å²) in [5.41, 5.74) is 15.1. The first-order valence-corrected chi connectivity index (χ1v) is 13.6. The molecule has 0 fully saturated rings. The van der Waals surface area contributed by atoms with Crippen LogP contribution in [0.5, 0.6) is 0 Å². The fraction of sp³-hybridized carbons (Fsp3) is 0.188. The van der Waals surface area contributed by atoms with Crippen LogP contribution in [0, 0.1) is 18.3 Å². The van der Waals surface area contributed by atoms with Crippen molar-refractivity contribution in [1.82, 2.24) is 19.5 Å². The summed E-state index contributed by atoms with van der Waals surface area (Å²) < 4.78 is 6.45. The molecule has 5 rings (SSSR count). The lowest BCUT2D eigenvalue weighted by Crippen LogP contribution is -2.24. The number of nitrogens with one attached hydrogen (secondary N) is 1. The largest absolute Gasteiger partial charge is 0.465 e. The molecule has 2 aromatic heterocycles. The molecule has 5 N–H and O–H groups in total. The maximum Gasteiger partial charge on any atom is 0.337 e. The minimum Gasteiger partial charge on any atom is -0.465 e. The van der Waals surface area contributed by atoms with E-state index in [-0.39, 0.29) is 23.3 Å². The molecular formula is C32H32N8O3. The van der Waals surface area contributed by atoms with Gasteiger partial charge in [0.05, 0.1) is 35.0 Å². The number of benzene rings is 3. The van der Waals surface area contributed by atoms with Gasteiger partial charge in [-0.1, -0.05) is 43.3 Å². The van der Waals surface area contributed by atoms with Crippen molar-refractivity contribution in [2.75, 3.05) is 23.9 Å². The number of nitrogens with zero attached hydrogens (tertiary/aromatic N) is 5. The second-order valence-electron chi connectivity index (χ2n) is 9.54. The van der Waals surface area contributed by atoms with Gasteiger partial charge in [0.2, 0.25) is 5.95 Å². The molecule has 2 heterocycles. The Kier molecular flexibility index (Phi) is 9.65. The van der Waals surface area contributed by atoms with Gasteiger partial charge < -0.3 is 21.5 Å². The van der Waals surface area contributed by atoms with E-state index in [1.165, 1.54) is 7.11 Å². The Morgan fingerprint density at radius 3 is 2.35 bits per heavy atom. The van der Waals surface area contributed by atoms with Crippen LogP contribution in [0.25, 0.3) is 16.6 Å². The predicted molar refractivity (Wildman–Crippen MR) is 167 cm³/mol. The zero-order valence-electron chi connectivity index (χ0n) is 24.2. The smallest absolute Gasteiger partial charge is 0.337 e. The Bertz CT molecular complexity index is 1820. The van der Waals surface area contributed by atoms with Gasteiger partial charge >= 0.3 is 5.97 Å². The number of fused-ring (bicyclic) bond motifs is 1. The van der Waals surface area contributed by atoms with Crippen LogP contribution in [0.15, 0.2) is 77.6 Å². The highest BCUT2D eigenvalue weighted by atomic mass is 16.5. The van der Waals surface area contributed by atoms with Crippen molar-refractivity contribution in [3.05, 3.63) is 111 Å². The van der Waals surface area contributed by atoms with Gasteiger partial charge in [-0.2, -0.15) is 10.2 Å². The van der Waals surface area contributed by atoms with Gasteiger partial charge in [0.1, 0.15) is 23.3 Å². The molecule has 0 spiro atoms. The van der Waals surface area contributed by atoms with Crippen molar-refractivity contribution in [2.45, 2.75) is 33.2 Å². The van der Waals surface area contributed by atoms with Gasteiger partial charge in [0, 0.05) is 18.7 Å². The lowest BCUT2D eigenvalue weighted by atomic mass is 10.1. The number of hydrogen-bond acceptors (Lipinski definition) is 10. The van der Waals surface area contributed by atoms with Crippen LogP contribution < -0.4 is 22.3 Å². The number of aromatic nitrogens is 4. The number of ether oxygens (including phenoxy) is 1. The van der Waals surface area contributed by atoms with Gasteiger partial charge in [-0.15, -0.1) is 0 Å². The third kappa shape index (κ3) is 6.94. The Balaban J connectivity index is 0.000000324. The van der Waals surface area contributed by atoms with Crippen molar-refractivity contribution in [3.63, 3.8) is 0 Å². The number of nitrogen functional groups attached to an aromatic ring is 2. The molecule has 5 aromatic rings. The van der Waals surface area contributed by atoms with Crippen molar-refractivity contribution >= 4 is 34.3 Å². The molecule has 0 saturated heterocycles. The first-order valence-electron chi connectivity index (χ1n) is 13.6. The summed E-state index contributed by atoms with van der Waals surface area (Å²) in [5, 5.41) is 12.5. The SMILES string of the molecule is CCCc1nc2cccc(NCc3ccc(C(=O)OC)cc3)c2c(=O)n1-c1ccccc1.Cc1nc(N)nc(N)c1C#N. The van der Waals surface area contributed by atoms with Gasteiger partial charge in [-0.05, 0) is 55.3 Å². The van der Waals surface area contributed by atoms with E-state index in [0.29, 0.717) is 40.7 Å². The van der Waals surface area contributed by atoms with Crippen molar-refractivity contribution in [1.29, 1.82) is 5.26 Å². The van der Waals surface area contributed by atoms with Gasteiger partial charge in [0.15, 0.2) is 0 Å². The predicted octanol–water partition coefficient (Wildman–Crippen LogP) is 4.56. The van der Waals surface area contributed by atoms with E-state index >= 15 is 0 Å². The number of rotatable bonds is 7. The summed E-state index contributed by atoms with van der Waals surface area (Å²) in [6.45, 7) is 4.24. The number of carbonyl (C=O) groups excluding carboxylic acids is 1. The summed E-state index contributed by atoms with van der Waals surface area (Å²) >= 11 is 0. The van der Waals surface area contributed by atoms with E-state index in [9.17, 15) is 9.59 Å². The average molecular weight is 577 g/mol. The summed E-state index contributed by atoms with van der Waals surface area (Å²) in [7, 11) is 1.36. The topological polar surface area (TPSA) is 175 Å². The number of carbonyl (C=O) groups is 1. The number of nitrogens with two attached hydrogens (primary N) is 2. The van der Waals surface area contributed by atoms with Crippen LogP contribution in [-0.2, 0) is 17.7 Å². The summed E-state index contributed by atoms with van der Waals surface area (Å²) in [5.74, 6) is 0.622. The third-order valence-electron chi connectivity index (χ3n) is 6.56. The summed E-state index contributed by atoms with van der Waals surface area (Å²) in [6, 6.07) is 24.4. The first kappa shape index (κ1) is 30.2. The number of methoxy groups -OCH3 is 1. The highest BCUT2D eigenvalue weighted by Gasteiger charge is 2.15. The normalized spacial score (nSPS) is 10.4. The van der Waals surface area contributed by atoms with Crippen molar-refractivity contribution in [3.8, 4) is 11.8 Å². The van der Waals surface area contributed by atoms with Crippen molar-refractivity contribution < 1.29 is 9.53 Å². The maximum absolute atomic E-state index is 13.6. The second kappa shape index (κ2) is 13.7. The first-order chi connectivity index (χ1) is 20.8. The van der Waals surface area contributed by atoms with E-state index in [4.69, 9.17) is 26.5 Å². The fourth-order valence-electron chi connectivity index (χ4n) is 4.49. The molecule has 0 saturated carbocycles. The Labute approximate surface area is 248 Å². The molecule has 0 aliphatic heterocycles. The minimum absolute atomic E-state index is 0.0891. The van der Waals surface area contributed by atoms with Crippen LogP contribution in [0.2, 0.25) is 0 Å². The second-order valence-corrected chi connectivity index (χ2v) is 9.54. The average Bonchev–Trinajstić information content (AvgIpc) is 3.00.